The van der Waals surface area contributed by atoms with Crippen molar-refractivity contribution in [1.82, 2.24) is 5.32 Å². The predicted octanol–water partition coefficient (Wildman–Crippen LogP) is 3.54. The number of carboxylic acids is 1. The number of hydrogen-bond acceptors (Lipinski definition) is 3. The summed E-state index contributed by atoms with van der Waals surface area (Å²) in [4.78, 5) is 13.0. The summed E-state index contributed by atoms with van der Waals surface area (Å²) in [5, 5.41) is 14.9. The molecule has 2 aromatic rings. The van der Waals surface area contributed by atoms with E-state index < -0.39 is 11.5 Å². The third-order valence-corrected chi connectivity index (χ3v) is 4.46. The van der Waals surface area contributed by atoms with E-state index >= 15 is 0 Å². The Morgan fingerprint density at radius 2 is 2.00 bits per heavy atom. The molecule has 1 atom stereocenters. The van der Waals surface area contributed by atoms with Gasteiger partial charge in [0, 0.05) is 11.4 Å². The Morgan fingerprint density at radius 3 is 2.50 bits per heavy atom. The van der Waals surface area contributed by atoms with E-state index in [4.69, 9.17) is 0 Å². The van der Waals surface area contributed by atoms with Crippen LogP contribution in [0.2, 0.25) is 0 Å². The number of thiophene rings is 1. The van der Waals surface area contributed by atoms with E-state index in [1.807, 2.05) is 55.6 Å². The maximum atomic E-state index is 11.8. The molecule has 2 N–H and O–H groups in total. The molecule has 0 saturated heterocycles. The van der Waals surface area contributed by atoms with Gasteiger partial charge in [-0.3, -0.25) is 5.32 Å². The van der Waals surface area contributed by atoms with E-state index in [0.717, 1.165) is 16.0 Å². The smallest absolute Gasteiger partial charge is 0.328 e. The van der Waals surface area contributed by atoms with Gasteiger partial charge >= 0.3 is 5.97 Å². The summed E-state index contributed by atoms with van der Waals surface area (Å²) in [6, 6.07) is 11.7. The number of benzene rings is 1. The molecule has 0 amide bonds. The number of carbonyl (C=O) groups is 1. The second kappa shape index (κ2) is 6.20. The summed E-state index contributed by atoms with van der Waals surface area (Å²) in [6.07, 6.45) is 0.497. The Labute approximate surface area is 123 Å². The van der Waals surface area contributed by atoms with Crippen LogP contribution in [0.15, 0.2) is 41.8 Å². The third-order valence-electron chi connectivity index (χ3n) is 3.58. The van der Waals surface area contributed by atoms with Crippen LogP contribution in [0.5, 0.6) is 0 Å². The van der Waals surface area contributed by atoms with Crippen LogP contribution in [0.1, 0.15) is 29.3 Å². The van der Waals surface area contributed by atoms with Crippen LogP contribution >= 0.6 is 11.3 Å². The topological polar surface area (TPSA) is 49.3 Å². The van der Waals surface area contributed by atoms with Crippen molar-refractivity contribution in [3.63, 3.8) is 0 Å². The first-order valence-corrected chi connectivity index (χ1v) is 7.54. The molecule has 0 bridgehead atoms. The van der Waals surface area contributed by atoms with Crippen LogP contribution in [0.4, 0.5) is 0 Å². The van der Waals surface area contributed by atoms with Gasteiger partial charge in [-0.25, -0.2) is 4.79 Å². The van der Waals surface area contributed by atoms with Gasteiger partial charge in [-0.2, -0.15) is 0 Å². The second-order valence-corrected chi connectivity index (χ2v) is 5.90. The van der Waals surface area contributed by atoms with Crippen molar-refractivity contribution in [3.05, 3.63) is 57.8 Å². The summed E-state index contributed by atoms with van der Waals surface area (Å²) in [7, 11) is 0. The largest absolute Gasteiger partial charge is 0.480 e. The summed E-state index contributed by atoms with van der Waals surface area (Å²) < 4.78 is 0. The lowest BCUT2D eigenvalue weighted by atomic mass is 9.86. The fraction of sp³-hybridized carbons (Fsp3) is 0.312. The average molecular weight is 289 g/mol. The number of aryl methyl sites for hydroxylation is 1. The van der Waals surface area contributed by atoms with Crippen molar-refractivity contribution in [1.29, 1.82) is 0 Å². The van der Waals surface area contributed by atoms with Gasteiger partial charge in [0.25, 0.3) is 0 Å². The highest BCUT2D eigenvalue weighted by Crippen LogP contribution is 2.27. The molecule has 20 heavy (non-hydrogen) atoms. The van der Waals surface area contributed by atoms with Crippen molar-refractivity contribution in [2.45, 2.75) is 32.4 Å². The van der Waals surface area contributed by atoms with Gasteiger partial charge in [-0.1, -0.05) is 42.8 Å². The van der Waals surface area contributed by atoms with E-state index in [1.54, 1.807) is 11.3 Å². The van der Waals surface area contributed by atoms with Gasteiger partial charge in [0.2, 0.25) is 0 Å². The fourth-order valence-corrected chi connectivity index (χ4v) is 2.92. The van der Waals surface area contributed by atoms with E-state index in [2.05, 4.69) is 5.32 Å². The van der Waals surface area contributed by atoms with Crippen molar-refractivity contribution >= 4 is 17.3 Å². The minimum Gasteiger partial charge on any atom is -0.480 e. The Balaban J connectivity index is 2.29. The van der Waals surface area contributed by atoms with Gasteiger partial charge in [0.1, 0.15) is 5.54 Å². The van der Waals surface area contributed by atoms with E-state index in [9.17, 15) is 9.90 Å². The molecule has 1 aromatic heterocycles. The molecular formula is C16H19NO2S. The van der Waals surface area contributed by atoms with Crippen LogP contribution in [0.25, 0.3) is 0 Å². The molecule has 3 nitrogen and oxygen atoms in total. The first-order chi connectivity index (χ1) is 9.58. The van der Waals surface area contributed by atoms with Crippen LogP contribution in [0.3, 0.4) is 0 Å². The molecule has 1 aromatic carbocycles. The summed E-state index contributed by atoms with van der Waals surface area (Å²) in [5.74, 6) is -0.833. The minimum atomic E-state index is -1.03. The number of nitrogens with one attached hydrogen (secondary N) is 1. The van der Waals surface area contributed by atoms with Crippen molar-refractivity contribution in [2.24, 2.45) is 0 Å². The van der Waals surface area contributed by atoms with Gasteiger partial charge < -0.3 is 5.11 Å². The summed E-state index contributed by atoms with van der Waals surface area (Å²) in [5.41, 5.74) is 0.898. The van der Waals surface area contributed by atoms with Gasteiger partial charge in [0.05, 0.1) is 0 Å². The highest BCUT2D eigenvalue weighted by atomic mass is 32.1. The molecule has 106 valence electrons. The molecule has 0 aliphatic carbocycles. The molecule has 1 unspecified atom stereocenters. The highest BCUT2D eigenvalue weighted by molar-refractivity contribution is 7.09. The number of carboxylic acid groups (broad SMARTS) is 1. The lowest BCUT2D eigenvalue weighted by Gasteiger charge is -2.30. The van der Waals surface area contributed by atoms with Crippen LogP contribution in [-0.2, 0) is 16.9 Å². The van der Waals surface area contributed by atoms with Gasteiger partial charge in [-0.05, 0) is 30.4 Å². The van der Waals surface area contributed by atoms with Crippen molar-refractivity contribution in [2.75, 3.05) is 0 Å². The molecule has 0 aliphatic heterocycles. The zero-order valence-corrected chi connectivity index (χ0v) is 12.5. The quantitative estimate of drug-likeness (QED) is 0.855. The van der Waals surface area contributed by atoms with Gasteiger partial charge in [-0.15, -0.1) is 11.3 Å². The molecule has 0 spiro atoms. The van der Waals surface area contributed by atoms with E-state index in [1.165, 1.54) is 0 Å². The fourth-order valence-electron chi connectivity index (χ4n) is 2.27. The van der Waals surface area contributed by atoms with Crippen molar-refractivity contribution < 1.29 is 9.90 Å². The summed E-state index contributed by atoms with van der Waals surface area (Å²) >= 11 is 1.63. The minimum absolute atomic E-state index is 0.497. The maximum Gasteiger partial charge on any atom is 0.328 e. The molecule has 2 rings (SSSR count). The Bertz CT molecular complexity index is 563. The van der Waals surface area contributed by atoms with Gasteiger partial charge in [0.15, 0.2) is 0 Å². The van der Waals surface area contributed by atoms with Crippen LogP contribution in [0, 0.1) is 6.92 Å². The molecule has 4 heteroatoms. The average Bonchev–Trinajstić information content (AvgIpc) is 2.94. The zero-order chi connectivity index (χ0) is 14.6. The first kappa shape index (κ1) is 14.8. The maximum absolute atomic E-state index is 11.8. The lowest BCUT2D eigenvalue weighted by molar-refractivity contribution is -0.145. The Kier molecular flexibility index (Phi) is 4.57. The Morgan fingerprint density at radius 1 is 1.30 bits per heavy atom. The Hall–Kier alpha value is -1.65. The predicted molar refractivity (Wildman–Crippen MR) is 81.9 cm³/mol. The lowest BCUT2D eigenvalue weighted by Crippen LogP contribution is -2.48. The monoisotopic (exact) mass is 289 g/mol. The molecule has 1 heterocycles. The second-order valence-electron chi connectivity index (χ2n) is 4.86. The third kappa shape index (κ3) is 2.92. The number of hydrogen-bond donors (Lipinski definition) is 2. The molecule has 0 aliphatic rings. The molecule has 0 radical (unpaired) electrons. The number of aliphatic carboxylic acids is 1. The van der Waals surface area contributed by atoms with Crippen molar-refractivity contribution in [3.8, 4) is 0 Å². The van der Waals surface area contributed by atoms with E-state index in [-0.39, 0.29) is 0 Å². The van der Waals surface area contributed by atoms with E-state index in [0.29, 0.717) is 13.0 Å². The summed E-state index contributed by atoms with van der Waals surface area (Å²) in [6.45, 7) is 4.46. The normalized spacial score (nSPS) is 13.9. The standard InChI is InChI=1S/C16H19NO2S/c1-3-16(15(18)19,13-8-6-12(2)7-9-13)17-11-14-5-4-10-20-14/h4-10,17H,3,11H2,1-2H3,(H,18,19). The highest BCUT2D eigenvalue weighted by Gasteiger charge is 2.38. The molecule has 0 fully saturated rings. The molecular weight excluding hydrogens is 270 g/mol. The van der Waals surface area contributed by atoms with Crippen LogP contribution < -0.4 is 5.32 Å². The zero-order valence-electron chi connectivity index (χ0n) is 11.7. The molecule has 0 saturated carbocycles. The van der Waals surface area contributed by atoms with Crippen LogP contribution in [-0.4, -0.2) is 11.1 Å². The SMILES string of the molecule is CCC(NCc1cccs1)(C(=O)O)c1ccc(C)cc1. The number of rotatable bonds is 6. The first-order valence-electron chi connectivity index (χ1n) is 6.66.